The third-order valence-electron chi connectivity index (χ3n) is 4.37. The number of aryl methyl sites for hydroxylation is 1. The quantitative estimate of drug-likeness (QED) is 0.828. The summed E-state index contributed by atoms with van der Waals surface area (Å²) in [6.45, 7) is 4.12. The van der Waals surface area contributed by atoms with Crippen LogP contribution in [0.4, 0.5) is 4.39 Å². The van der Waals surface area contributed by atoms with Crippen LogP contribution in [-0.2, 0) is 22.6 Å². The fraction of sp³-hybridized carbons (Fsp3) is 0.333. The van der Waals surface area contributed by atoms with Gasteiger partial charge in [0.05, 0.1) is 6.42 Å². The molecule has 1 atom stereocenters. The van der Waals surface area contributed by atoms with Crippen molar-refractivity contribution in [1.82, 2.24) is 10.2 Å². The molecule has 0 heterocycles. The van der Waals surface area contributed by atoms with Gasteiger partial charge in [-0.1, -0.05) is 48.9 Å². The fourth-order valence-corrected chi connectivity index (χ4v) is 2.85. The van der Waals surface area contributed by atoms with E-state index in [1.54, 1.807) is 24.1 Å². The maximum atomic E-state index is 13.2. The van der Waals surface area contributed by atoms with Crippen LogP contribution in [0.25, 0.3) is 0 Å². The summed E-state index contributed by atoms with van der Waals surface area (Å²) in [6.07, 6.45) is 0.718. The van der Waals surface area contributed by atoms with E-state index in [0.717, 1.165) is 16.7 Å². The lowest BCUT2D eigenvalue weighted by atomic mass is 10.1. The van der Waals surface area contributed by atoms with Gasteiger partial charge in [0.15, 0.2) is 0 Å². The molecule has 2 aromatic rings. The zero-order valence-corrected chi connectivity index (χ0v) is 15.5. The molecule has 0 aromatic heterocycles. The van der Waals surface area contributed by atoms with Crippen LogP contribution < -0.4 is 5.32 Å². The first-order chi connectivity index (χ1) is 12.4. The summed E-state index contributed by atoms with van der Waals surface area (Å²) in [7, 11) is 1.56. The van der Waals surface area contributed by atoms with Gasteiger partial charge >= 0.3 is 0 Å². The minimum atomic E-state index is -0.567. The van der Waals surface area contributed by atoms with Gasteiger partial charge in [-0.15, -0.1) is 0 Å². The zero-order chi connectivity index (χ0) is 19.1. The summed E-state index contributed by atoms with van der Waals surface area (Å²) in [5, 5.41) is 2.62. The molecule has 0 aliphatic rings. The second-order valence-electron chi connectivity index (χ2n) is 6.35. The summed E-state index contributed by atoms with van der Waals surface area (Å²) >= 11 is 0. The van der Waals surface area contributed by atoms with E-state index in [1.807, 2.05) is 38.1 Å². The highest BCUT2D eigenvalue weighted by Gasteiger charge is 2.27. The monoisotopic (exact) mass is 356 g/mol. The van der Waals surface area contributed by atoms with Crippen molar-refractivity contribution in [3.63, 3.8) is 0 Å². The molecule has 0 saturated carbocycles. The Kier molecular flexibility index (Phi) is 6.89. The highest BCUT2D eigenvalue weighted by atomic mass is 19.1. The molecule has 0 aliphatic carbocycles. The predicted octanol–water partition coefficient (Wildman–Crippen LogP) is 3.23. The zero-order valence-electron chi connectivity index (χ0n) is 15.5. The van der Waals surface area contributed by atoms with Gasteiger partial charge < -0.3 is 10.2 Å². The minimum Gasteiger partial charge on any atom is -0.357 e. The molecule has 138 valence electrons. The second-order valence-corrected chi connectivity index (χ2v) is 6.35. The smallest absolute Gasteiger partial charge is 0.242 e. The normalized spacial score (nSPS) is 11.7. The molecule has 4 nitrogen and oxygen atoms in total. The average Bonchev–Trinajstić information content (AvgIpc) is 2.64. The van der Waals surface area contributed by atoms with Crippen LogP contribution in [-0.4, -0.2) is 29.8 Å². The SMILES string of the molecule is CC[C@@H](C(=O)NC)N(Cc1ccc(F)cc1)C(=O)Cc1ccc(C)cc1. The lowest BCUT2D eigenvalue weighted by molar-refractivity contribution is -0.140. The summed E-state index contributed by atoms with van der Waals surface area (Å²) in [5.41, 5.74) is 2.81. The van der Waals surface area contributed by atoms with Crippen molar-refractivity contribution in [2.24, 2.45) is 0 Å². The number of amides is 2. The topological polar surface area (TPSA) is 49.4 Å². The molecule has 0 bridgehead atoms. The van der Waals surface area contributed by atoms with Gasteiger partial charge in [0, 0.05) is 13.6 Å². The van der Waals surface area contributed by atoms with Crippen LogP contribution in [0.1, 0.15) is 30.0 Å². The Balaban J connectivity index is 2.25. The van der Waals surface area contributed by atoms with E-state index in [-0.39, 0.29) is 30.6 Å². The average molecular weight is 356 g/mol. The number of rotatable bonds is 7. The number of likely N-dealkylation sites (N-methyl/N-ethyl adjacent to an activating group) is 1. The Bertz CT molecular complexity index is 742. The fourth-order valence-electron chi connectivity index (χ4n) is 2.85. The van der Waals surface area contributed by atoms with Gasteiger partial charge in [-0.3, -0.25) is 9.59 Å². The molecule has 5 heteroatoms. The van der Waals surface area contributed by atoms with Crippen LogP contribution in [0.3, 0.4) is 0 Å². The van der Waals surface area contributed by atoms with Gasteiger partial charge in [-0.2, -0.15) is 0 Å². The van der Waals surface area contributed by atoms with Gasteiger partial charge in [0.25, 0.3) is 0 Å². The van der Waals surface area contributed by atoms with Crippen molar-refractivity contribution in [1.29, 1.82) is 0 Å². The number of carbonyl (C=O) groups is 2. The number of halogens is 1. The third kappa shape index (κ3) is 5.15. The van der Waals surface area contributed by atoms with E-state index in [0.29, 0.717) is 6.42 Å². The standard InChI is InChI=1S/C21H25FN2O2/c1-4-19(21(26)23-3)24(14-17-9-11-18(22)12-10-17)20(25)13-16-7-5-15(2)6-8-16/h5-12,19H,4,13-14H2,1-3H3,(H,23,26)/t19-/m0/s1. The Labute approximate surface area is 154 Å². The molecule has 0 unspecified atom stereocenters. The van der Waals surface area contributed by atoms with Crippen LogP contribution in [0.5, 0.6) is 0 Å². The maximum Gasteiger partial charge on any atom is 0.242 e. The Morgan fingerprint density at radius 3 is 2.15 bits per heavy atom. The highest BCUT2D eigenvalue weighted by molar-refractivity contribution is 5.88. The van der Waals surface area contributed by atoms with Crippen molar-refractivity contribution in [3.8, 4) is 0 Å². The van der Waals surface area contributed by atoms with Crippen molar-refractivity contribution >= 4 is 11.8 Å². The summed E-state index contributed by atoms with van der Waals surface area (Å²) < 4.78 is 13.2. The van der Waals surface area contributed by atoms with Gasteiger partial charge in [0.1, 0.15) is 11.9 Å². The number of nitrogens with one attached hydrogen (secondary N) is 1. The lowest BCUT2D eigenvalue weighted by Gasteiger charge is -2.30. The highest BCUT2D eigenvalue weighted by Crippen LogP contribution is 2.15. The molecule has 2 rings (SSSR count). The van der Waals surface area contributed by atoms with E-state index in [9.17, 15) is 14.0 Å². The second kappa shape index (κ2) is 9.13. The Hall–Kier alpha value is -2.69. The summed E-state index contributed by atoms with van der Waals surface area (Å²) in [5.74, 6) is -0.662. The van der Waals surface area contributed by atoms with E-state index < -0.39 is 6.04 Å². The summed E-state index contributed by atoms with van der Waals surface area (Å²) in [6, 6.07) is 13.2. The maximum absolute atomic E-state index is 13.2. The largest absolute Gasteiger partial charge is 0.357 e. The molecule has 0 spiro atoms. The van der Waals surface area contributed by atoms with Gasteiger partial charge in [-0.25, -0.2) is 4.39 Å². The molecule has 1 N–H and O–H groups in total. The minimum absolute atomic E-state index is 0.131. The summed E-state index contributed by atoms with van der Waals surface area (Å²) in [4.78, 5) is 26.8. The van der Waals surface area contributed by atoms with E-state index in [4.69, 9.17) is 0 Å². The molecule has 0 fully saturated rings. The van der Waals surface area contributed by atoms with E-state index in [1.165, 1.54) is 12.1 Å². The van der Waals surface area contributed by atoms with Crippen molar-refractivity contribution in [3.05, 3.63) is 71.0 Å². The number of hydrogen-bond acceptors (Lipinski definition) is 2. The first kappa shape index (κ1) is 19.6. The van der Waals surface area contributed by atoms with Crippen molar-refractivity contribution in [2.45, 2.75) is 39.3 Å². The number of hydrogen-bond donors (Lipinski definition) is 1. The molecule has 2 aromatic carbocycles. The van der Waals surface area contributed by atoms with Crippen LogP contribution in [0.2, 0.25) is 0 Å². The number of benzene rings is 2. The molecular weight excluding hydrogens is 331 g/mol. The van der Waals surface area contributed by atoms with Crippen LogP contribution >= 0.6 is 0 Å². The molecular formula is C21H25FN2O2. The molecule has 0 aliphatic heterocycles. The van der Waals surface area contributed by atoms with Crippen LogP contribution in [0.15, 0.2) is 48.5 Å². The molecule has 0 saturated heterocycles. The van der Waals surface area contributed by atoms with Gasteiger partial charge in [-0.05, 0) is 36.6 Å². The van der Waals surface area contributed by atoms with E-state index >= 15 is 0 Å². The first-order valence-electron chi connectivity index (χ1n) is 8.75. The molecule has 26 heavy (non-hydrogen) atoms. The third-order valence-corrected chi connectivity index (χ3v) is 4.37. The van der Waals surface area contributed by atoms with Crippen LogP contribution in [0, 0.1) is 12.7 Å². The molecule has 0 radical (unpaired) electrons. The first-order valence-corrected chi connectivity index (χ1v) is 8.75. The Morgan fingerprint density at radius 2 is 1.62 bits per heavy atom. The molecule has 2 amide bonds. The van der Waals surface area contributed by atoms with Gasteiger partial charge in [0.2, 0.25) is 11.8 Å². The Morgan fingerprint density at radius 1 is 1.04 bits per heavy atom. The van der Waals surface area contributed by atoms with E-state index in [2.05, 4.69) is 5.32 Å². The van der Waals surface area contributed by atoms with Crippen molar-refractivity contribution < 1.29 is 14.0 Å². The van der Waals surface area contributed by atoms with Crippen molar-refractivity contribution in [2.75, 3.05) is 7.05 Å². The predicted molar refractivity (Wildman–Crippen MR) is 100.0 cm³/mol. The number of carbonyl (C=O) groups excluding carboxylic acids is 2. The number of nitrogens with zero attached hydrogens (tertiary/aromatic N) is 1. The lowest BCUT2D eigenvalue weighted by Crippen LogP contribution is -2.48.